The first-order chi connectivity index (χ1) is 8.06. The van der Waals surface area contributed by atoms with Crippen molar-refractivity contribution in [2.75, 3.05) is 6.61 Å². The van der Waals surface area contributed by atoms with Crippen LogP contribution in [0.2, 0.25) is 0 Å². The molecule has 1 aromatic heterocycles. The van der Waals surface area contributed by atoms with Crippen LogP contribution in [0.5, 0.6) is 0 Å². The molecule has 1 aromatic rings. The Bertz CT molecular complexity index is 484. The van der Waals surface area contributed by atoms with Gasteiger partial charge in [-0.05, 0) is 6.07 Å². The van der Waals surface area contributed by atoms with Crippen LogP contribution in [0.15, 0.2) is 17.1 Å². The van der Waals surface area contributed by atoms with Gasteiger partial charge >= 0.3 is 5.69 Å². The van der Waals surface area contributed by atoms with Crippen LogP contribution in [-0.4, -0.2) is 49.8 Å². The predicted molar refractivity (Wildman–Crippen MR) is 58.9 cm³/mol. The predicted octanol–water partition coefficient (Wildman–Crippen LogP) is -1.48. The second-order valence-corrected chi connectivity index (χ2v) is 4.14. The number of hydrogen-bond acceptors (Lipinski definition) is 6. The van der Waals surface area contributed by atoms with E-state index in [9.17, 15) is 15.0 Å². The molecule has 1 saturated heterocycles. The van der Waals surface area contributed by atoms with Crippen LogP contribution in [0, 0.1) is 4.64 Å². The molecule has 4 atom stereocenters. The third-order valence-electron chi connectivity index (χ3n) is 2.66. The lowest BCUT2D eigenvalue weighted by Crippen LogP contribution is -2.36. The van der Waals surface area contributed by atoms with E-state index in [0.717, 1.165) is 4.57 Å². The van der Waals surface area contributed by atoms with E-state index < -0.39 is 36.8 Å². The van der Waals surface area contributed by atoms with E-state index in [0.29, 0.717) is 0 Å². The van der Waals surface area contributed by atoms with Crippen LogP contribution in [-0.2, 0) is 4.74 Å². The summed E-state index contributed by atoms with van der Waals surface area (Å²) in [5.41, 5.74) is -0.549. The minimum atomic E-state index is -1.32. The monoisotopic (exact) mass is 260 g/mol. The maximum absolute atomic E-state index is 11.6. The van der Waals surface area contributed by atoms with Crippen molar-refractivity contribution in [1.29, 1.82) is 0 Å². The molecule has 0 saturated carbocycles. The van der Waals surface area contributed by atoms with E-state index >= 15 is 0 Å². The summed E-state index contributed by atoms with van der Waals surface area (Å²) in [6, 6.07) is 1.46. The molecule has 0 radical (unpaired) electrons. The van der Waals surface area contributed by atoms with E-state index in [1.165, 1.54) is 12.3 Å². The highest BCUT2D eigenvalue weighted by atomic mass is 32.1. The SMILES string of the molecule is O=c1[nH]ccc(=S)n1C1O[C@H](CO)[C@@H](O)[C@H]1O. The van der Waals surface area contributed by atoms with Gasteiger partial charge in [0.25, 0.3) is 0 Å². The molecule has 2 rings (SSSR count). The molecule has 0 amide bonds. The standard InChI is InChI=1S/C9H12N2O5S/c12-3-4-6(13)7(14)8(16-4)11-5(17)1-2-10-9(11)15/h1-2,4,6-8,12-14H,3H2,(H,10,15)/t4-,6-,7-,8?/m1/s1. The summed E-state index contributed by atoms with van der Waals surface area (Å²) >= 11 is 4.95. The van der Waals surface area contributed by atoms with Crippen molar-refractivity contribution in [3.05, 3.63) is 27.4 Å². The Labute approximate surface area is 101 Å². The first-order valence-electron chi connectivity index (χ1n) is 4.99. The van der Waals surface area contributed by atoms with Gasteiger partial charge in [-0.15, -0.1) is 0 Å². The zero-order valence-electron chi connectivity index (χ0n) is 8.68. The van der Waals surface area contributed by atoms with Gasteiger partial charge in [0.05, 0.1) is 6.61 Å². The zero-order chi connectivity index (χ0) is 12.6. The quantitative estimate of drug-likeness (QED) is 0.483. The Morgan fingerprint density at radius 1 is 1.47 bits per heavy atom. The maximum atomic E-state index is 11.6. The number of hydrogen-bond donors (Lipinski definition) is 4. The van der Waals surface area contributed by atoms with Crippen molar-refractivity contribution < 1.29 is 20.1 Å². The molecule has 7 nitrogen and oxygen atoms in total. The maximum Gasteiger partial charge on any atom is 0.328 e. The van der Waals surface area contributed by atoms with Crippen molar-refractivity contribution in [2.24, 2.45) is 0 Å². The number of aromatic nitrogens is 2. The van der Waals surface area contributed by atoms with Gasteiger partial charge < -0.3 is 25.0 Å². The van der Waals surface area contributed by atoms with Gasteiger partial charge in [0, 0.05) is 6.20 Å². The summed E-state index contributed by atoms with van der Waals surface area (Å²) in [4.78, 5) is 14.0. The molecule has 8 heteroatoms. The van der Waals surface area contributed by atoms with Crippen molar-refractivity contribution in [1.82, 2.24) is 9.55 Å². The Morgan fingerprint density at radius 2 is 2.18 bits per heavy atom. The Morgan fingerprint density at radius 3 is 2.71 bits per heavy atom. The molecule has 0 bridgehead atoms. The van der Waals surface area contributed by atoms with Gasteiger partial charge in [-0.2, -0.15) is 0 Å². The minimum absolute atomic E-state index is 0.170. The highest BCUT2D eigenvalue weighted by Gasteiger charge is 2.43. The molecule has 0 spiro atoms. The highest BCUT2D eigenvalue weighted by Crippen LogP contribution is 2.28. The van der Waals surface area contributed by atoms with Crippen LogP contribution in [0.25, 0.3) is 0 Å². The molecule has 94 valence electrons. The molecular weight excluding hydrogens is 248 g/mol. The molecule has 1 unspecified atom stereocenters. The molecule has 2 heterocycles. The van der Waals surface area contributed by atoms with E-state index in [2.05, 4.69) is 4.98 Å². The van der Waals surface area contributed by atoms with E-state index in [-0.39, 0.29) is 4.64 Å². The Balaban J connectivity index is 2.42. The number of nitrogens with zero attached hydrogens (tertiary/aromatic N) is 1. The largest absolute Gasteiger partial charge is 0.394 e. The molecular formula is C9H12N2O5S. The first kappa shape index (κ1) is 12.4. The molecule has 0 aliphatic carbocycles. The lowest BCUT2D eigenvalue weighted by Gasteiger charge is -2.16. The van der Waals surface area contributed by atoms with Gasteiger partial charge in [-0.25, -0.2) is 4.79 Å². The highest BCUT2D eigenvalue weighted by molar-refractivity contribution is 7.71. The first-order valence-corrected chi connectivity index (χ1v) is 5.39. The van der Waals surface area contributed by atoms with Crippen LogP contribution < -0.4 is 5.69 Å². The van der Waals surface area contributed by atoms with Crippen molar-refractivity contribution in [2.45, 2.75) is 24.5 Å². The number of ether oxygens (including phenoxy) is 1. The van der Waals surface area contributed by atoms with Gasteiger partial charge in [-0.1, -0.05) is 12.2 Å². The molecule has 4 N–H and O–H groups in total. The van der Waals surface area contributed by atoms with E-state index in [1.54, 1.807) is 0 Å². The third kappa shape index (κ3) is 2.05. The summed E-state index contributed by atoms with van der Waals surface area (Å²) in [7, 11) is 0. The van der Waals surface area contributed by atoms with E-state index in [4.69, 9.17) is 22.1 Å². The van der Waals surface area contributed by atoms with Crippen LogP contribution >= 0.6 is 12.2 Å². The fraction of sp³-hybridized carbons (Fsp3) is 0.556. The lowest BCUT2D eigenvalue weighted by atomic mass is 10.1. The summed E-state index contributed by atoms with van der Waals surface area (Å²) < 4.78 is 6.41. The second-order valence-electron chi connectivity index (χ2n) is 3.72. The van der Waals surface area contributed by atoms with Gasteiger partial charge in [0.1, 0.15) is 23.0 Å². The topological polar surface area (TPSA) is 108 Å². The second kappa shape index (κ2) is 4.67. The van der Waals surface area contributed by atoms with Gasteiger partial charge in [0.2, 0.25) is 0 Å². The normalized spacial score (nSPS) is 32.9. The molecule has 17 heavy (non-hydrogen) atoms. The summed E-state index contributed by atoms with van der Waals surface area (Å²) in [5, 5.41) is 28.3. The van der Waals surface area contributed by atoms with Crippen LogP contribution in [0.4, 0.5) is 0 Å². The fourth-order valence-corrected chi connectivity index (χ4v) is 2.02. The molecule has 1 fully saturated rings. The number of aliphatic hydroxyl groups is 3. The van der Waals surface area contributed by atoms with E-state index in [1.807, 2.05) is 0 Å². The Kier molecular flexibility index (Phi) is 3.40. The van der Waals surface area contributed by atoms with Crippen molar-refractivity contribution in [3.63, 3.8) is 0 Å². The number of H-pyrrole nitrogens is 1. The lowest BCUT2D eigenvalue weighted by molar-refractivity contribution is -0.0556. The van der Waals surface area contributed by atoms with Gasteiger partial charge in [-0.3, -0.25) is 4.57 Å². The van der Waals surface area contributed by atoms with Crippen molar-refractivity contribution in [3.8, 4) is 0 Å². The number of nitrogens with one attached hydrogen (secondary N) is 1. The summed E-state index contributed by atoms with van der Waals surface area (Å²) in [6.07, 6.45) is -3.23. The average molecular weight is 260 g/mol. The molecule has 0 aromatic carbocycles. The number of rotatable bonds is 2. The van der Waals surface area contributed by atoms with Gasteiger partial charge in [0.15, 0.2) is 6.23 Å². The van der Waals surface area contributed by atoms with Crippen molar-refractivity contribution >= 4 is 12.2 Å². The smallest absolute Gasteiger partial charge is 0.328 e. The third-order valence-corrected chi connectivity index (χ3v) is 2.99. The average Bonchev–Trinajstić information content (AvgIpc) is 2.57. The summed E-state index contributed by atoms with van der Waals surface area (Å²) in [6.45, 7) is -0.452. The number of aromatic amines is 1. The number of aliphatic hydroxyl groups excluding tert-OH is 3. The van der Waals surface area contributed by atoms with Crippen LogP contribution in [0.1, 0.15) is 6.23 Å². The Hall–Kier alpha value is -1.06. The van der Waals surface area contributed by atoms with Crippen LogP contribution in [0.3, 0.4) is 0 Å². The fourth-order valence-electron chi connectivity index (χ4n) is 1.77. The molecule has 1 aliphatic rings. The molecule has 1 aliphatic heterocycles. The summed E-state index contributed by atoms with van der Waals surface area (Å²) in [5.74, 6) is 0. The zero-order valence-corrected chi connectivity index (χ0v) is 9.50. The minimum Gasteiger partial charge on any atom is -0.394 e.